The van der Waals surface area contributed by atoms with Gasteiger partial charge in [-0.25, -0.2) is 9.97 Å². The molecule has 0 aliphatic heterocycles. The Kier molecular flexibility index (Phi) is 7.76. The molecule has 0 saturated heterocycles. The number of fused-ring (bicyclic) bond motifs is 2. The molecule has 2 atom stereocenters. The topological polar surface area (TPSA) is 111 Å². The maximum atomic E-state index is 13.6. The zero-order valence-corrected chi connectivity index (χ0v) is 24.6. The molecule has 5 rings (SSSR count). The van der Waals surface area contributed by atoms with Crippen molar-refractivity contribution in [3.63, 3.8) is 0 Å². The normalized spacial score (nSPS) is 17.9. The van der Waals surface area contributed by atoms with Gasteiger partial charge in [-0.3, -0.25) is 9.48 Å². The average Bonchev–Trinajstić information content (AvgIpc) is 3.43. The van der Waals surface area contributed by atoms with E-state index in [4.69, 9.17) is 26.3 Å². The first-order valence-corrected chi connectivity index (χ1v) is 17.5. The maximum Gasteiger partial charge on any atom is 0.255 e. The smallest absolute Gasteiger partial charge is 0.255 e. The summed E-state index contributed by atoms with van der Waals surface area (Å²) in [5.74, 6) is -0.240. The summed E-state index contributed by atoms with van der Waals surface area (Å²) in [6, 6.07) is 8.98. The van der Waals surface area contributed by atoms with E-state index in [0.29, 0.717) is 46.2 Å². The first kappa shape index (κ1) is 27.3. The molecule has 1 saturated carbocycles. The van der Waals surface area contributed by atoms with Gasteiger partial charge in [-0.15, -0.1) is 0 Å². The van der Waals surface area contributed by atoms with Crippen LogP contribution in [0.3, 0.4) is 0 Å². The van der Waals surface area contributed by atoms with Crippen molar-refractivity contribution < 1.29 is 9.53 Å². The van der Waals surface area contributed by atoms with Crippen molar-refractivity contribution >= 4 is 47.6 Å². The lowest BCUT2D eigenvalue weighted by atomic mass is 9.86. The monoisotopic (exact) mass is 563 g/mol. The molecule has 1 fully saturated rings. The Morgan fingerprint density at radius 2 is 2.13 bits per heavy atom. The molecule has 3 aromatic heterocycles. The minimum absolute atomic E-state index is 0.0255. The van der Waals surface area contributed by atoms with E-state index < -0.39 is 8.07 Å². The molecule has 4 aromatic rings. The predicted octanol–water partition coefficient (Wildman–Crippen LogP) is 5.76. The zero-order chi connectivity index (χ0) is 27.7. The molecule has 1 amide bonds. The number of hydrogen-bond donors (Lipinski definition) is 1. The fourth-order valence-corrected chi connectivity index (χ4v) is 6.02. The van der Waals surface area contributed by atoms with Gasteiger partial charge in [-0.2, -0.15) is 10.4 Å². The maximum absolute atomic E-state index is 13.6. The van der Waals surface area contributed by atoms with Gasteiger partial charge in [0.15, 0.2) is 5.65 Å². The predicted molar refractivity (Wildman–Crippen MR) is 155 cm³/mol. The van der Waals surface area contributed by atoms with E-state index in [1.165, 1.54) is 0 Å². The number of carbonyl (C=O) groups is 1. The molecular weight excluding hydrogens is 530 g/mol. The lowest BCUT2D eigenvalue weighted by Gasteiger charge is -2.25. The van der Waals surface area contributed by atoms with Crippen LogP contribution in [0, 0.1) is 17.2 Å². The van der Waals surface area contributed by atoms with Crippen LogP contribution < -0.4 is 5.32 Å². The lowest BCUT2D eigenvalue weighted by molar-refractivity contribution is 0.0887. The van der Waals surface area contributed by atoms with Crippen molar-refractivity contribution in [3.8, 4) is 17.5 Å². The number of nitriles is 1. The first-order chi connectivity index (χ1) is 18.6. The van der Waals surface area contributed by atoms with E-state index in [0.717, 1.165) is 36.2 Å². The van der Waals surface area contributed by atoms with Crippen LogP contribution in [0.1, 0.15) is 36.0 Å². The second-order valence-corrected chi connectivity index (χ2v) is 17.6. The number of nitrogens with one attached hydrogen (secondary N) is 1. The summed E-state index contributed by atoms with van der Waals surface area (Å²) in [5, 5.41) is 18.7. The van der Waals surface area contributed by atoms with Gasteiger partial charge < -0.3 is 14.6 Å². The zero-order valence-electron chi connectivity index (χ0n) is 22.9. The van der Waals surface area contributed by atoms with Crippen LogP contribution in [0.2, 0.25) is 30.7 Å². The van der Waals surface area contributed by atoms with E-state index in [1.54, 1.807) is 17.1 Å². The van der Waals surface area contributed by atoms with Gasteiger partial charge in [-0.1, -0.05) is 37.7 Å². The quantitative estimate of drug-likeness (QED) is 0.215. The molecule has 0 radical (unpaired) electrons. The second-order valence-electron chi connectivity index (χ2n) is 11.6. The summed E-state index contributed by atoms with van der Waals surface area (Å²) in [4.78, 5) is 23.2. The molecule has 39 heavy (non-hydrogen) atoms. The highest BCUT2D eigenvalue weighted by Gasteiger charge is 2.26. The van der Waals surface area contributed by atoms with Crippen molar-refractivity contribution in [2.24, 2.45) is 13.0 Å². The number of ether oxygens (including phenoxy) is 1. The third-order valence-electron chi connectivity index (χ3n) is 7.28. The summed E-state index contributed by atoms with van der Waals surface area (Å²) in [7, 11) is 0.630. The molecule has 204 valence electrons. The Bertz CT molecular complexity index is 1570. The fraction of sp³-hybridized carbons (Fsp3) is 0.464. The molecule has 9 nitrogen and oxygen atoms in total. The van der Waals surface area contributed by atoms with Crippen LogP contribution in [0.15, 0.2) is 30.6 Å². The SMILES string of the molecule is Cn1nc(-c2cnc3c(n2)c(C(=O)N[C@@H]2CCC[C@@H](C#N)C2)cn3COCC[Si](C)(C)C)c2ccc(Cl)cc21. The Balaban J connectivity index is 1.50. The van der Waals surface area contributed by atoms with Gasteiger partial charge in [0.05, 0.1) is 23.3 Å². The molecule has 1 aromatic carbocycles. The van der Waals surface area contributed by atoms with E-state index >= 15 is 0 Å². The van der Waals surface area contributed by atoms with E-state index in [1.807, 2.05) is 29.8 Å². The van der Waals surface area contributed by atoms with Crippen LogP contribution in [-0.2, 0) is 18.5 Å². The highest BCUT2D eigenvalue weighted by atomic mass is 35.5. The van der Waals surface area contributed by atoms with Crippen molar-refractivity contribution in [2.45, 2.75) is 64.1 Å². The van der Waals surface area contributed by atoms with Crippen LogP contribution in [0.25, 0.3) is 33.5 Å². The van der Waals surface area contributed by atoms with Crippen LogP contribution in [-0.4, -0.2) is 50.9 Å². The average molecular weight is 564 g/mol. The molecule has 1 aliphatic rings. The van der Waals surface area contributed by atoms with Crippen molar-refractivity contribution in [3.05, 3.63) is 41.2 Å². The Morgan fingerprint density at radius 3 is 2.90 bits per heavy atom. The molecule has 3 heterocycles. The third-order valence-corrected chi connectivity index (χ3v) is 9.22. The number of rotatable bonds is 8. The van der Waals surface area contributed by atoms with Crippen LogP contribution in [0.4, 0.5) is 0 Å². The first-order valence-electron chi connectivity index (χ1n) is 13.4. The number of aromatic nitrogens is 5. The van der Waals surface area contributed by atoms with Gasteiger partial charge >= 0.3 is 0 Å². The number of benzene rings is 1. The standard InChI is InChI=1S/C28H34ClN7O2Si/c1-35-24-13-19(29)8-9-21(24)25(34-35)23-15-31-27-26(33-23)22(16-36(27)17-38-10-11-39(2,3)4)28(37)32-20-7-5-6-18(12-20)14-30/h8-9,13,15-16,18,20H,5-7,10-12,17H2,1-4H3,(H,32,37)/t18-,20-/m1/s1. The van der Waals surface area contributed by atoms with Gasteiger partial charge in [0.2, 0.25) is 0 Å². The van der Waals surface area contributed by atoms with Crippen molar-refractivity contribution in [2.75, 3.05) is 6.61 Å². The van der Waals surface area contributed by atoms with Crippen molar-refractivity contribution in [1.82, 2.24) is 29.6 Å². The largest absolute Gasteiger partial charge is 0.361 e. The van der Waals surface area contributed by atoms with Crippen LogP contribution in [0.5, 0.6) is 0 Å². The Labute approximate surface area is 234 Å². The van der Waals surface area contributed by atoms with Crippen LogP contribution >= 0.6 is 11.6 Å². The summed E-state index contributed by atoms with van der Waals surface area (Å²) < 4.78 is 9.61. The van der Waals surface area contributed by atoms with Gasteiger partial charge in [-0.05, 0) is 43.5 Å². The van der Waals surface area contributed by atoms with E-state index in [-0.39, 0.29) is 24.6 Å². The molecule has 0 bridgehead atoms. The molecule has 0 spiro atoms. The molecule has 1 aliphatic carbocycles. The van der Waals surface area contributed by atoms with Gasteiger partial charge in [0.25, 0.3) is 5.91 Å². The van der Waals surface area contributed by atoms with Gasteiger partial charge in [0, 0.05) is 50.3 Å². The number of aryl methyl sites for hydroxylation is 1. The molecule has 0 unspecified atom stereocenters. The number of carbonyl (C=O) groups excluding carboxylic acids is 1. The highest BCUT2D eigenvalue weighted by Crippen LogP contribution is 2.30. The summed E-state index contributed by atoms with van der Waals surface area (Å²) in [6.07, 6.45) is 6.81. The number of hydrogen-bond acceptors (Lipinski definition) is 6. The van der Waals surface area contributed by atoms with Crippen molar-refractivity contribution in [1.29, 1.82) is 5.26 Å². The van der Waals surface area contributed by atoms with E-state index in [9.17, 15) is 10.1 Å². The number of amides is 1. The van der Waals surface area contributed by atoms with Gasteiger partial charge in [0.1, 0.15) is 23.6 Å². The lowest BCUT2D eigenvalue weighted by Crippen LogP contribution is -2.38. The number of halogens is 1. The summed E-state index contributed by atoms with van der Waals surface area (Å²) in [6.45, 7) is 7.88. The Morgan fingerprint density at radius 1 is 1.31 bits per heavy atom. The second kappa shape index (κ2) is 11.1. The molecule has 1 N–H and O–H groups in total. The molecular formula is C28H34ClN7O2Si. The Hall–Kier alpha value is -3.26. The molecule has 11 heteroatoms. The summed E-state index contributed by atoms with van der Waals surface area (Å²) >= 11 is 6.21. The third kappa shape index (κ3) is 6.00. The number of nitrogens with zero attached hydrogens (tertiary/aromatic N) is 6. The van der Waals surface area contributed by atoms with E-state index in [2.05, 4.69) is 36.1 Å². The highest BCUT2D eigenvalue weighted by molar-refractivity contribution is 6.76. The minimum atomic E-state index is -1.23. The fourth-order valence-electron chi connectivity index (χ4n) is 5.09. The summed E-state index contributed by atoms with van der Waals surface area (Å²) in [5.41, 5.74) is 3.65. The minimum Gasteiger partial charge on any atom is -0.361 e.